The average Bonchev–Trinajstić information content (AvgIpc) is 2.87. The van der Waals surface area contributed by atoms with Gasteiger partial charge in [0.1, 0.15) is 16.5 Å². The molecule has 27 heavy (non-hydrogen) atoms. The van der Waals surface area contributed by atoms with E-state index in [2.05, 4.69) is 15.9 Å². The molecule has 0 bridgehead atoms. The zero-order chi connectivity index (χ0) is 20.0. The van der Waals surface area contributed by atoms with Gasteiger partial charge in [0, 0.05) is 13.0 Å². The van der Waals surface area contributed by atoms with E-state index >= 15 is 0 Å². The van der Waals surface area contributed by atoms with Crippen LogP contribution in [-0.4, -0.2) is 65.9 Å². The number of fused-ring (bicyclic) bond motifs is 1. The first-order valence-corrected chi connectivity index (χ1v) is 10.5. The number of carbonyl (C=O) groups is 1. The highest BCUT2D eigenvalue weighted by atomic mass is 32.2. The minimum absolute atomic E-state index is 0.0657. The van der Waals surface area contributed by atoms with E-state index in [1.165, 1.54) is 6.20 Å². The van der Waals surface area contributed by atoms with Gasteiger partial charge < -0.3 is 9.64 Å². The second-order valence-electron chi connectivity index (χ2n) is 7.87. The van der Waals surface area contributed by atoms with Gasteiger partial charge in [-0.1, -0.05) is 5.92 Å². The Morgan fingerprint density at radius 3 is 2.70 bits per heavy atom. The molecule has 1 aromatic heterocycles. The molecule has 0 radical (unpaired) electrons. The number of aryl methyl sites for hydroxylation is 1. The van der Waals surface area contributed by atoms with Crippen molar-refractivity contribution in [1.29, 1.82) is 0 Å². The Bertz CT molecular complexity index is 901. The van der Waals surface area contributed by atoms with Gasteiger partial charge in [0.2, 0.25) is 5.95 Å². The zero-order valence-corrected chi connectivity index (χ0v) is 16.8. The molecule has 2 atom stereocenters. The van der Waals surface area contributed by atoms with E-state index < -0.39 is 27.6 Å². The van der Waals surface area contributed by atoms with Gasteiger partial charge in [0.25, 0.3) is 0 Å². The van der Waals surface area contributed by atoms with Gasteiger partial charge in [0.15, 0.2) is 9.84 Å². The summed E-state index contributed by atoms with van der Waals surface area (Å²) in [5, 5.41) is 0. The molecule has 0 saturated carbocycles. The number of hydrogen-bond acceptors (Lipinski definition) is 7. The summed E-state index contributed by atoms with van der Waals surface area (Å²) in [6, 6.07) is -0.709. The maximum absolute atomic E-state index is 12.6. The third-order valence-electron chi connectivity index (χ3n) is 4.53. The third-order valence-corrected chi connectivity index (χ3v) is 6.28. The highest BCUT2D eigenvalue weighted by Crippen LogP contribution is 2.27. The predicted octanol–water partition coefficient (Wildman–Crippen LogP) is 1.25. The average molecular weight is 392 g/mol. The van der Waals surface area contributed by atoms with Crippen LogP contribution in [0.2, 0.25) is 0 Å². The summed E-state index contributed by atoms with van der Waals surface area (Å²) in [6.45, 7) is 8.14. The highest BCUT2D eigenvalue weighted by Gasteiger charge is 2.38. The standard InChI is InChI=1S/C18H24N4O4S/c1-6-13-11-21(10-12(2)22(13)17(23)26-18(3,4)5)16-19-9-15-14(20-16)7-8-27(15,24)25/h1,9,12-13H,7-8,10-11H2,2-5H3/t12-,13+/m0/s1. The number of sulfone groups is 1. The molecule has 1 saturated heterocycles. The Kier molecular flexibility index (Phi) is 4.80. The Morgan fingerprint density at radius 2 is 2.07 bits per heavy atom. The number of aromatic nitrogens is 2. The number of piperazine rings is 1. The summed E-state index contributed by atoms with van der Waals surface area (Å²) < 4.78 is 29.4. The molecule has 0 aromatic carbocycles. The summed E-state index contributed by atoms with van der Waals surface area (Å²) in [5.74, 6) is 3.15. The van der Waals surface area contributed by atoms with E-state index in [1.807, 2.05) is 32.6 Å². The molecule has 0 aliphatic carbocycles. The number of rotatable bonds is 1. The number of ether oxygens (including phenoxy) is 1. The SMILES string of the molecule is C#C[C@@H]1CN(c2ncc3c(n2)CCS3(=O)=O)C[C@H](C)N1C(=O)OC(C)(C)C. The predicted molar refractivity (Wildman–Crippen MR) is 100 cm³/mol. The van der Waals surface area contributed by atoms with Crippen molar-refractivity contribution in [3.05, 3.63) is 11.9 Å². The van der Waals surface area contributed by atoms with Crippen molar-refractivity contribution in [1.82, 2.24) is 14.9 Å². The summed E-state index contributed by atoms with van der Waals surface area (Å²) in [6.07, 6.45) is 6.99. The van der Waals surface area contributed by atoms with Crippen molar-refractivity contribution >= 4 is 21.9 Å². The first-order valence-electron chi connectivity index (χ1n) is 8.83. The van der Waals surface area contributed by atoms with Crippen LogP contribution >= 0.6 is 0 Å². The van der Waals surface area contributed by atoms with Crippen molar-refractivity contribution in [3.63, 3.8) is 0 Å². The minimum Gasteiger partial charge on any atom is -0.444 e. The van der Waals surface area contributed by atoms with Crippen LogP contribution in [0.25, 0.3) is 0 Å². The van der Waals surface area contributed by atoms with Crippen LogP contribution in [0.3, 0.4) is 0 Å². The molecular formula is C18H24N4O4S. The molecule has 0 N–H and O–H groups in total. The molecule has 2 aliphatic rings. The Balaban J connectivity index is 1.82. The van der Waals surface area contributed by atoms with Crippen LogP contribution in [0.1, 0.15) is 33.4 Å². The summed E-state index contributed by atoms with van der Waals surface area (Å²) in [5.41, 5.74) is -0.0683. The molecule has 2 aliphatic heterocycles. The lowest BCUT2D eigenvalue weighted by molar-refractivity contribution is 0.00957. The van der Waals surface area contributed by atoms with E-state index in [4.69, 9.17) is 11.2 Å². The van der Waals surface area contributed by atoms with Gasteiger partial charge in [-0.25, -0.2) is 23.2 Å². The number of terminal acetylenes is 1. The molecule has 9 heteroatoms. The molecule has 1 fully saturated rings. The van der Waals surface area contributed by atoms with Crippen molar-refractivity contribution in [2.24, 2.45) is 0 Å². The fourth-order valence-corrected chi connectivity index (χ4v) is 4.73. The molecular weight excluding hydrogens is 368 g/mol. The zero-order valence-electron chi connectivity index (χ0n) is 16.0. The maximum Gasteiger partial charge on any atom is 0.411 e. The molecule has 0 unspecified atom stereocenters. The largest absolute Gasteiger partial charge is 0.444 e. The first-order chi connectivity index (χ1) is 12.5. The number of anilines is 1. The summed E-state index contributed by atoms with van der Waals surface area (Å²) in [4.78, 5) is 24.9. The topological polar surface area (TPSA) is 92.7 Å². The van der Waals surface area contributed by atoms with Gasteiger partial charge in [-0.3, -0.25) is 4.90 Å². The number of hydrogen-bond donors (Lipinski definition) is 0. The minimum atomic E-state index is -3.26. The fourth-order valence-electron chi connectivity index (χ4n) is 3.33. The monoisotopic (exact) mass is 392 g/mol. The lowest BCUT2D eigenvalue weighted by Crippen LogP contribution is -2.60. The van der Waals surface area contributed by atoms with E-state index in [9.17, 15) is 13.2 Å². The fraction of sp³-hybridized carbons (Fsp3) is 0.611. The normalized spacial score (nSPS) is 24.3. The van der Waals surface area contributed by atoms with Crippen molar-refractivity contribution in [3.8, 4) is 12.3 Å². The molecule has 0 spiro atoms. The second kappa shape index (κ2) is 6.68. The van der Waals surface area contributed by atoms with Gasteiger partial charge >= 0.3 is 6.09 Å². The third kappa shape index (κ3) is 3.86. The molecule has 1 aromatic rings. The van der Waals surface area contributed by atoms with E-state index in [-0.39, 0.29) is 16.7 Å². The Hall–Kier alpha value is -2.34. The molecule has 1 amide bonds. The first kappa shape index (κ1) is 19.4. The van der Waals surface area contributed by atoms with Gasteiger partial charge in [-0.15, -0.1) is 6.42 Å². The molecule has 146 valence electrons. The Labute approximate surface area is 159 Å². The maximum atomic E-state index is 12.6. The van der Waals surface area contributed by atoms with E-state index in [0.717, 1.165) is 0 Å². The van der Waals surface area contributed by atoms with Gasteiger partial charge in [0.05, 0.1) is 30.2 Å². The summed E-state index contributed by atoms with van der Waals surface area (Å²) in [7, 11) is -3.26. The summed E-state index contributed by atoms with van der Waals surface area (Å²) >= 11 is 0. The second-order valence-corrected chi connectivity index (χ2v) is 9.95. The van der Waals surface area contributed by atoms with Gasteiger partial charge in [-0.2, -0.15) is 0 Å². The molecule has 8 nitrogen and oxygen atoms in total. The number of amides is 1. The lowest BCUT2D eigenvalue weighted by atomic mass is 10.1. The van der Waals surface area contributed by atoms with Crippen LogP contribution < -0.4 is 4.90 Å². The van der Waals surface area contributed by atoms with Gasteiger partial charge in [-0.05, 0) is 27.7 Å². The van der Waals surface area contributed by atoms with E-state index in [0.29, 0.717) is 31.2 Å². The van der Waals surface area contributed by atoms with E-state index in [1.54, 1.807) is 4.90 Å². The van der Waals surface area contributed by atoms with Crippen molar-refractivity contribution in [2.75, 3.05) is 23.7 Å². The van der Waals surface area contributed by atoms with Crippen LogP contribution in [-0.2, 0) is 21.0 Å². The van der Waals surface area contributed by atoms with Crippen LogP contribution in [0.5, 0.6) is 0 Å². The molecule has 3 rings (SSSR count). The molecule has 3 heterocycles. The van der Waals surface area contributed by atoms with Crippen LogP contribution in [0, 0.1) is 12.3 Å². The quantitative estimate of drug-likeness (QED) is 0.664. The van der Waals surface area contributed by atoms with Crippen molar-refractivity contribution in [2.45, 2.75) is 56.7 Å². The van der Waals surface area contributed by atoms with Crippen molar-refractivity contribution < 1.29 is 17.9 Å². The van der Waals surface area contributed by atoms with Crippen LogP contribution in [0.4, 0.5) is 10.7 Å². The smallest absolute Gasteiger partial charge is 0.411 e. The number of carbonyl (C=O) groups excluding carboxylic acids is 1. The Morgan fingerprint density at radius 1 is 1.37 bits per heavy atom. The lowest BCUT2D eigenvalue weighted by Gasteiger charge is -2.43. The number of nitrogens with zero attached hydrogens (tertiary/aromatic N) is 4. The highest BCUT2D eigenvalue weighted by molar-refractivity contribution is 7.91. The van der Waals surface area contributed by atoms with Crippen LogP contribution in [0.15, 0.2) is 11.1 Å².